The van der Waals surface area contributed by atoms with Crippen LogP contribution in [-0.4, -0.2) is 19.1 Å². The van der Waals surface area contributed by atoms with Crippen molar-refractivity contribution >= 4 is 27.5 Å². The molecule has 5 N–H and O–H groups in total. The third kappa shape index (κ3) is 7.91. The topological polar surface area (TPSA) is 96.2 Å². The smallest absolute Gasteiger partial charge is 0.294 e. The fourth-order valence-electron chi connectivity index (χ4n) is 0.546. The van der Waals surface area contributed by atoms with Crippen LogP contribution in [0.1, 0.15) is 20.8 Å². The van der Waals surface area contributed by atoms with Crippen LogP contribution in [0, 0.1) is 0 Å². The highest BCUT2D eigenvalue weighted by atomic mass is 32.2. The quantitative estimate of drug-likeness (QED) is 0.364. The van der Waals surface area contributed by atoms with Gasteiger partial charge in [-0.3, -0.25) is 5.43 Å². The van der Waals surface area contributed by atoms with Crippen LogP contribution in [0.15, 0.2) is 0 Å². The van der Waals surface area contributed by atoms with E-state index in [-0.39, 0.29) is 5.11 Å². The summed E-state index contributed by atoms with van der Waals surface area (Å²) >= 11 is 4.42. The van der Waals surface area contributed by atoms with Gasteiger partial charge in [-0.15, -0.1) is 4.83 Å². The van der Waals surface area contributed by atoms with Crippen molar-refractivity contribution in [2.75, 3.05) is 0 Å². The van der Waals surface area contributed by atoms with Crippen molar-refractivity contribution in [2.45, 2.75) is 26.3 Å². The molecule has 0 heterocycles. The van der Waals surface area contributed by atoms with Crippen LogP contribution in [0.4, 0.5) is 0 Å². The highest BCUT2D eigenvalue weighted by Crippen LogP contribution is 1.99. The van der Waals surface area contributed by atoms with Crippen molar-refractivity contribution in [3.05, 3.63) is 0 Å². The second kappa shape index (κ2) is 4.18. The largest absolute Gasteiger partial charge is 0.375 e. The van der Waals surface area contributed by atoms with Crippen LogP contribution in [-0.2, 0) is 10.2 Å². The molecule has 0 atom stereocenters. The van der Waals surface area contributed by atoms with Gasteiger partial charge in [0, 0.05) is 5.54 Å². The van der Waals surface area contributed by atoms with Gasteiger partial charge in [0.2, 0.25) is 0 Å². The summed E-state index contributed by atoms with van der Waals surface area (Å²) in [6.45, 7) is 5.15. The van der Waals surface area contributed by atoms with Gasteiger partial charge in [-0.25, -0.2) is 0 Å². The predicted molar refractivity (Wildman–Crippen MR) is 54.9 cm³/mol. The Morgan fingerprint density at radius 2 is 1.85 bits per heavy atom. The Balaban J connectivity index is 4.19. The van der Waals surface area contributed by atoms with Crippen molar-refractivity contribution in [2.24, 2.45) is 5.73 Å². The van der Waals surface area contributed by atoms with Gasteiger partial charge >= 0.3 is 0 Å². The summed E-state index contributed by atoms with van der Waals surface area (Å²) in [7, 11) is -3.61. The number of hydrazine groups is 1. The summed E-state index contributed by atoms with van der Waals surface area (Å²) < 4.78 is 24.6. The zero-order valence-electron chi connectivity index (χ0n) is 7.71. The van der Waals surface area contributed by atoms with Crippen molar-refractivity contribution < 1.29 is 8.42 Å². The zero-order chi connectivity index (χ0) is 10.7. The van der Waals surface area contributed by atoms with E-state index in [0.29, 0.717) is 0 Å². The first-order valence-electron chi connectivity index (χ1n) is 3.48. The molecule has 0 aromatic heterocycles. The Morgan fingerprint density at radius 1 is 1.38 bits per heavy atom. The van der Waals surface area contributed by atoms with Gasteiger partial charge in [-0.2, -0.15) is 13.1 Å². The Bertz CT molecular complexity index is 279. The van der Waals surface area contributed by atoms with E-state index in [1.165, 1.54) is 0 Å². The van der Waals surface area contributed by atoms with Crippen LogP contribution in [0.5, 0.6) is 0 Å². The third-order valence-electron chi connectivity index (χ3n) is 0.749. The van der Waals surface area contributed by atoms with Gasteiger partial charge in [-0.1, -0.05) is 0 Å². The highest BCUT2D eigenvalue weighted by Gasteiger charge is 2.19. The zero-order valence-corrected chi connectivity index (χ0v) is 9.34. The summed E-state index contributed by atoms with van der Waals surface area (Å²) in [5.41, 5.74) is 6.59. The molecule has 0 unspecified atom stereocenters. The summed E-state index contributed by atoms with van der Waals surface area (Å²) in [6.07, 6.45) is 0. The molecule has 0 amide bonds. The number of nitrogens with one attached hydrogen (secondary N) is 3. The minimum absolute atomic E-state index is 0.140. The van der Waals surface area contributed by atoms with Crippen LogP contribution in [0.3, 0.4) is 0 Å². The molecular weight excluding hydrogens is 212 g/mol. The van der Waals surface area contributed by atoms with Gasteiger partial charge < -0.3 is 5.73 Å². The molecular formula is C5H14N4O2S2. The lowest BCUT2D eigenvalue weighted by atomic mass is 10.1. The number of thiocarbonyl (C=S) groups is 1. The van der Waals surface area contributed by atoms with Gasteiger partial charge in [-0.05, 0) is 33.0 Å². The van der Waals surface area contributed by atoms with E-state index in [4.69, 9.17) is 5.73 Å². The average Bonchev–Trinajstić information content (AvgIpc) is 1.78. The number of hydrogen-bond donors (Lipinski definition) is 4. The van der Waals surface area contributed by atoms with E-state index in [1.807, 2.05) is 4.83 Å². The molecule has 0 aliphatic rings. The Labute approximate surface area is 83.4 Å². The minimum atomic E-state index is -3.61. The maximum Gasteiger partial charge on any atom is 0.294 e. The van der Waals surface area contributed by atoms with Gasteiger partial charge in [0.15, 0.2) is 5.11 Å². The van der Waals surface area contributed by atoms with Crippen LogP contribution < -0.4 is 20.7 Å². The molecule has 78 valence electrons. The summed E-state index contributed by atoms with van der Waals surface area (Å²) in [6, 6.07) is 0. The van der Waals surface area contributed by atoms with Crippen molar-refractivity contribution in [1.82, 2.24) is 15.0 Å². The van der Waals surface area contributed by atoms with Crippen molar-refractivity contribution in [3.8, 4) is 0 Å². The summed E-state index contributed by atoms with van der Waals surface area (Å²) in [5, 5.41) is -0.140. The van der Waals surface area contributed by atoms with E-state index in [9.17, 15) is 8.42 Å². The highest BCUT2D eigenvalue weighted by molar-refractivity contribution is 7.87. The lowest BCUT2D eigenvalue weighted by Gasteiger charge is -2.20. The molecule has 0 spiro atoms. The Morgan fingerprint density at radius 3 is 2.15 bits per heavy atom. The molecule has 6 nitrogen and oxygen atoms in total. The van der Waals surface area contributed by atoms with E-state index in [1.54, 1.807) is 20.8 Å². The molecule has 0 saturated heterocycles. The molecule has 13 heavy (non-hydrogen) atoms. The molecule has 0 aromatic carbocycles. The monoisotopic (exact) mass is 226 g/mol. The van der Waals surface area contributed by atoms with E-state index >= 15 is 0 Å². The second-order valence-corrected chi connectivity index (χ2v) is 5.30. The molecule has 0 fully saturated rings. The SMILES string of the molecule is CC(C)(C)NS(=O)(=O)NNC(N)=S. The van der Waals surface area contributed by atoms with Crippen LogP contribution in [0.25, 0.3) is 0 Å². The molecule has 0 aromatic rings. The second-order valence-electron chi connectivity index (χ2n) is 3.45. The maximum absolute atomic E-state index is 11.2. The number of hydrogen-bond acceptors (Lipinski definition) is 3. The maximum atomic E-state index is 11.2. The molecule has 0 radical (unpaired) electrons. The first kappa shape index (κ1) is 12.6. The number of nitrogens with two attached hydrogens (primary N) is 1. The van der Waals surface area contributed by atoms with Crippen LogP contribution in [0.2, 0.25) is 0 Å². The first-order valence-corrected chi connectivity index (χ1v) is 5.38. The molecule has 0 bridgehead atoms. The lowest BCUT2D eigenvalue weighted by Crippen LogP contribution is -2.53. The lowest BCUT2D eigenvalue weighted by molar-refractivity contribution is 0.481. The molecule has 0 rings (SSSR count). The van der Waals surface area contributed by atoms with Crippen molar-refractivity contribution in [1.29, 1.82) is 0 Å². The normalized spacial score (nSPS) is 12.5. The van der Waals surface area contributed by atoms with E-state index in [0.717, 1.165) is 0 Å². The van der Waals surface area contributed by atoms with Crippen LogP contribution >= 0.6 is 12.2 Å². The molecule has 0 aliphatic carbocycles. The van der Waals surface area contributed by atoms with Gasteiger partial charge in [0.25, 0.3) is 10.2 Å². The Hall–Kier alpha value is -0.440. The van der Waals surface area contributed by atoms with Gasteiger partial charge in [0.1, 0.15) is 0 Å². The van der Waals surface area contributed by atoms with E-state index in [2.05, 4.69) is 22.4 Å². The summed E-state index contributed by atoms with van der Waals surface area (Å²) in [4.78, 5) is 1.96. The first-order chi connectivity index (χ1) is 5.62. The van der Waals surface area contributed by atoms with E-state index < -0.39 is 15.7 Å². The minimum Gasteiger partial charge on any atom is -0.375 e. The predicted octanol–water partition coefficient (Wildman–Crippen LogP) is -1.04. The Kier molecular flexibility index (Phi) is 4.04. The molecule has 0 saturated carbocycles. The fourth-order valence-corrected chi connectivity index (χ4v) is 1.76. The molecule has 8 heteroatoms. The fraction of sp³-hybridized carbons (Fsp3) is 0.800. The standard InChI is InChI=1S/C5H14N4O2S2/c1-5(2,3)8-13(10,11)9-7-4(6)12/h8-9H,1-3H3,(H3,6,7,12). The van der Waals surface area contributed by atoms with Gasteiger partial charge in [0.05, 0.1) is 0 Å². The van der Waals surface area contributed by atoms with Crippen molar-refractivity contribution in [3.63, 3.8) is 0 Å². The third-order valence-corrected chi connectivity index (χ3v) is 2.10. The average molecular weight is 226 g/mol. The summed E-state index contributed by atoms with van der Waals surface area (Å²) in [5.74, 6) is 0. The molecule has 0 aliphatic heterocycles. The number of rotatable bonds is 3.